The molecule has 0 aromatic heterocycles. The van der Waals surface area contributed by atoms with Gasteiger partial charge in [-0.2, -0.15) is 0 Å². The molecule has 2 aromatic carbocycles. The van der Waals surface area contributed by atoms with E-state index >= 15 is 0 Å². The van der Waals surface area contributed by atoms with Gasteiger partial charge in [0.05, 0.1) is 0 Å². The smallest absolute Gasteiger partial charge is 0.131 e. The van der Waals surface area contributed by atoms with E-state index in [-0.39, 0.29) is 0 Å². The molecule has 2 nitrogen and oxygen atoms in total. The summed E-state index contributed by atoms with van der Waals surface area (Å²) in [6.07, 6.45) is 2.58. The summed E-state index contributed by atoms with van der Waals surface area (Å²) in [5.74, 6) is 1.74. The SMILES string of the molecule is Brc1cccc(Oc2ccc(Br)cc2CNC2CC2)c1. The molecule has 104 valence electrons. The van der Waals surface area contributed by atoms with Crippen LogP contribution in [0.5, 0.6) is 11.5 Å². The van der Waals surface area contributed by atoms with Crippen LogP contribution in [-0.4, -0.2) is 6.04 Å². The van der Waals surface area contributed by atoms with Gasteiger partial charge in [-0.1, -0.05) is 37.9 Å². The minimum absolute atomic E-state index is 0.688. The van der Waals surface area contributed by atoms with Crippen LogP contribution in [0.2, 0.25) is 0 Å². The number of halogens is 2. The molecule has 1 N–H and O–H groups in total. The summed E-state index contributed by atoms with van der Waals surface area (Å²) in [7, 11) is 0. The molecule has 1 aliphatic rings. The lowest BCUT2D eigenvalue weighted by atomic mass is 10.2. The molecule has 0 spiro atoms. The number of hydrogen-bond acceptors (Lipinski definition) is 2. The van der Waals surface area contributed by atoms with E-state index in [2.05, 4.69) is 43.2 Å². The van der Waals surface area contributed by atoms with Crippen molar-refractivity contribution >= 4 is 31.9 Å². The lowest BCUT2D eigenvalue weighted by molar-refractivity contribution is 0.472. The first kappa shape index (κ1) is 14.1. The van der Waals surface area contributed by atoms with Crippen LogP contribution in [0.3, 0.4) is 0 Å². The second-order valence-corrected chi connectivity index (χ2v) is 6.80. The van der Waals surface area contributed by atoms with Crippen molar-refractivity contribution in [3.63, 3.8) is 0 Å². The Bertz CT molecular complexity index is 611. The highest BCUT2D eigenvalue weighted by Gasteiger charge is 2.20. The summed E-state index contributed by atoms with van der Waals surface area (Å²) >= 11 is 6.99. The largest absolute Gasteiger partial charge is 0.457 e. The lowest BCUT2D eigenvalue weighted by Crippen LogP contribution is -2.15. The standard InChI is InChI=1S/C16H15Br2NO/c17-12-2-1-3-15(9-12)20-16-7-4-13(18)8-11(16)10-19-14-5-6-14/h1-4,7-9,14,19H,5-6,10H2. The van der Waals surface area contributed by atoms with Gasteiger partial charge < -0.3 is 10.1 Å². The van der Waals surface area contributed by atoms with Crippen LogP contribution >= 0.6 is 31.9 Å². The van der Waals surface area contributed by atoms with E-state index in [1.165, 1.54) is 18.4 Å². The molecule has 2 aromatic rings. The monoisotopic (exact) mass is 395 g/mol. The molecule has 0 amide bonds. The fraction of sp³-hybridized carbons (Fsp3) is 0.250. The molecule has 0 bridgehead atoms. The lowest BCUT2D eigenvalue weighted by Gasteiger charge is -2.12. The number of benzene rings is 2. The van der Waals surface area contributed by atoms with E-state index in [0.717, 1.165) is 27.0 Å². The third-order valence-electron chi connectivity index (χ3n) is 3.20. The third kappa shape index (κ3) is 3.84. The van der Waals surface area contributed by atoms with Gasteiger partial charge in [0.1, 0.15) is 11.5 Å². The highest BCUT2D eigenvalue weighted by Crippen LogP contribution is 2.30. The van der Waals surface area contributed by atoms with Gasteiger partial charge in [0.25, 0.3) is 0 Å². The summed E-state index contributed by atoms with van der Waals surface area (Å²) in [6, 6.07) is 14.7. The van der Waals surface area contributed by atoms with Gasteiger partial charge >= 0.3 is 0 Å². The van der Waals surface area contributed by atoms with Gasteiger partial charge in [-0.05, 0) is 49.2 Å². The van der Waals surface area contributed by atoms with Gasteiger partial charge in [0.15, 0.2) is 0 Å². The first-order valence-corrected chi connectivity index (χ1v) is 8.24. The minimum Gasteiger partial charge on any atom is -0.457 e. The Morgan fingerprint density at radius 3 is 2.60 bits per heavy atom. The maximum absolute atomic E-state index is 6.01. The highest BCUT2D eigenvalue weighted by molar-refractivity contribution is 9.10. The topological polar surface area (TPSA) is 21.3 Å². The van der Waals surface area contributed by atoms with Crippen molar-refractivity contribution in [3.8, 4) is 11.5 Å². The van der Waals surface area contributed by atoms with E-state index < -0.39 is 0 Å². The van der Waals surface area contributed by atoms with E-state index in [9.17, 15) is 0 Å². The first-order valence-electron chi connectivity index (χ1n) is 6.66. The van der Waals surface area contributed by atoms with Gasteiger partial charge in [-0.15, -0.1) is 0 Å². The third-order valence-corrected chi connectivity index (χ3v) is 4.19. The van der Waals surface area contributed by atoms with E-state index in [4.69, 9.17) is 4.74 Å². The van der Waals surface area contributed by atoms with Crippen molar-refractivity contribution in [1.29, 1.82) is 0 Å². The molecule has 0 heterocycles. The molecule has 3 rings (SSSR count). The maximum atomic E-state index is 6.01. The first-order chi connectivity index (χ1) is 9.70. The molecular weight excluding hydrogens is 382 g/mol. The highest BCUT2D eigenvalue weighted by atomic mass is 79.9. The zero-order chi connectivity index (χ0) is 13.9. The van der Waals surface area contributed by atoms with Crippen LogP contribution in [0.15, 0.2) is 51.4 Å². The molecule has 0 radical (unpaired) electrons. The zero-order valence-corrected chi connectivity index (χ0v) is 14.1. The van der Waals surface area contributed by atoms with Crippen LogP contribution in [0.4, 0.5) is 0 Å². The Balaban J connectivity index is 1.79. The predicted molar refractivity (Wildman–Crippen MR) is 88.2 cm³/mol. The number of rotatable bonds is 5. The van der Waals surface area contributed by atoms with E-state index in [1.807, 2.05) is 36.4 Å². The molecule has 1 saturated carbocycles. The average Bonchev–Trinajstić information content (AvgIpc) is 3.23. The van der Waals surface area contributed by atoms with Crippen LogP contribution in [0.25, 0.3) is 0 Å². The molecule has 0 saturated heterocycles. The second-order valence-electron chi connectivity index (χ2n) is 4.97. The van der Waals surface area contributed by atoms with Crippen molar-refractivity contribution in [2.75, 3.05) is 0 Å². The average molecular weight is 397 g/mol. The molecule has 0 aliphatic heterocycles. The fourth-order valence-electron chi connectivity index (χ4n) is 1.98. The minimum atomic E-state index is 0.688. The molecular formula is C16H15Br2NO. The van der Waals surface area contributed by atoms with Gasteiger partial charge in [0, 0.05) is 27.1 Å². The van der Waals surface area contributed by atoms with Crippen LogP contribution < -0.4 is 10.1 Å². The molecule has 20 heavy (non-hydrogen) atoms. The number of hydrogen-bond donors (Lipinski definition) is 1. The Morgan fingerprint density at radius 2 is 1.85 bits per heavy atom. The van der Waals surface area contributed by atoms with E-state index in [0.29, 0.717) is 6.04 Å². The zero-order valence-electron chi connectivity index (χ0n) is 10.9. The normalized spacial score (nSPS) is 14.3. The second kappa shape index (κ2) is 6.29. The van der Waals surface area contributed by atoms with Gasteiger partial charge in [-0.3, -0.25) is 0 Å². The summed E-state index contributed by atoms with van der Waals surface area (Å²) < 4.78 is 8.10. The van der Waals surface area contributed by atoms with Crippen LogP contribution in [0.1, 0.15) is 18.4 Å². The Kier molecular flexibility index (Phi) is 4.44. The summed E-state index contributed by atoms with van der Waals surface area (Å²) in [4.78, 5) is 0. The Labute approximate surface area is 135 Å². The predicted octanol–water partition coefficient (Wildman–Crippen LogP) is 5.26. The molecule has 0 atom stereocenters. The summed E-state index contributed by atoms with van der Waals surface area (Å²) in [6.45, 7) is 0.841. The quantitative estimate of drug-likeness (QED) is 0.744. The van der Waals surface area contributed by atoms with Crippen LogP contribution in [-0.2, 0) is 6.54 Å². The van der Waals surface area contributed by atoms with Gasteiger partial charge in [0.2, 0.25) is 0 Å². The fourth-order valence-corrected chi connectivity index (χ4v) is 2.77. The van der Waals surface area contributed by atoms with Crippen molar-refractivity contribution < 1.29 is 4.74 Å². The summed E-state index contributed by atoms with van der Waals surface area (Å²) in [5, 5.41) is 3.53. The Morgan fingerprint density at radius 1 is 1.05 bits per heavy atom. The summed E-state index contributed by atoms with van der Waals surface area (Å²) in [5.41, 5.74) is 1.17. The van der Waals surface area contributed by atoms with Crippen molar-refractivity contribution in [2.24, 2.45) is 0 Å². The van der Waals surface area contributed by atoms with Crippen molar-refractivity contribution in [1.82, 2.24) is 5.32 Å². The number of nitrogens with one attached hydrogen (secondary N) is 1. The molecule has 1 fully saturated rings. The Hall–Kier alpha value is -0.840. The molecule has 0 unspecified atom stereocenters. The van der Waals surface area contributed by atoms with Gasteiger partial charge in [-0.25, -0.2) is 0 Å². The van der Waals surface area contributed by atoms with Crippen molar-refractivity contribution in [2.45, 2.75) is 25.4 Å². The van der Waals surface area contributed by atoms with Crippen molar-refractivity contribution in [3.05, 3.63) is 57.0 Å². The number of ether oxygens (including phenoxy) is 1. The molecule has 1 aliphatic carbocycles. The van der Waals surface area contributed by atoms with E-state index in [1.54, 1.807) is 0 Å². The molecule has 4 heteroatoms. The maximum Gasteiger partial charge on any atom is 0.131 e. The van der Waals surface area contributed by atoms with Crippen LogP contribution in [0, 0.1) is 0 Å².